The van der Waals surface area contributed by atoms with Gasteiger partial charge in [-0.05, 0) is 24.7 Å². The molecular formula is C14H26CaO4. The van der Waals surface area contributed by atoms with Gasteiger partial charge in [0.05, 0.1) is 0 Å². The third kappa shape index (κ3) is 3.64. The summed E-state index contributed by atoms with van der Waals surface area (Å²) in [5.41, 5.74) is -1.58. The summed E-state index contributed by atoms with van der Waals surface area (Å²) in [6.07, 6.45) is 5.66. The van der Waals surface area contributed by atoms with Crippen LogP contribution in [-0.2, 0) is 9.59 Å². The number of carboxylic acid groups (broad SMARTS) is 2. The van der Waals surface area contributed by atoms with Crippen LogP contribution in [0.15, 0.2) is 0 Å². The summed E-state index contributed by atoms with van der Waals surface area (Å²) in [5.74, 6) is -2.78. The van der Waals surface area contributed by atoms with Gasteiger partial charge in [0, 0.05) is 0 Å². The summed E-state index contributed by atoms with van der Waals surface area (Å²) in [6, 6.07) is 0. The van der Waals surface area contributed by atoms with E-state index < -0.39 is 17.4 Å². The molecule has 1 aliphatic rings. The van der Waals surface area contributed by atoms with Crippen molar-refractivity contribution < 1.29 is 19.8 Å². The summed E-state index contributed by atoms with van der Waals surface area (Å²) < 4.78 is 0. The zero-order valence-corrected chi connectivity index (χ0v) is 11.3. The molecule has 0 aromatic carbocycles. The third-order valence-electron chi connectivity index (χ3n) is 4.59. The summed E-state index contributed by atoms with van der Waals surface area (Å²) in [4.78, 5) is 23.5. The van der Waals surface area contributed by atoms with Crippen molar-refractivity contribution in [3.63, 3.8) is 0 Å². The predicted molar refractivity (Wildman–Crippen MR) is 76.9 cm³/mol. The van der Waals surface area contributed by atoms with Crippen molar-refractivity contribution >= 4 is 49.7 Å². The number of carbonyl (C=O) groups is 2. The molecule has 0 aromatic rings. The standard InChI is InChI=1S/C14H24O4.Ca.2H/c1-3-10(4-2)14(12(15)16,13(17)18)11-8-6-5-7-9-11;;;/h10-11H,3-9H2,1-2H3,(H,15,16)(H,17,18);;;. The second kappa shape index (κ2) is 8.48. The molecule has 0 amide bonds. The zero-order valence-electron chi connectivity index (χ0n) is 11.3. The van der Waals surface area contributed by atoms with E-state index in [1.54, 1.807) is 0 Å². The monoisotopic (exact) mass is 298 g/mol. The molecule has 1 rings (SSSR count). The third-order valence-corrected chi connectivity index (χ3v) is 4.59. The Balaban J connectivity index is 0.00000324. The predicted octanol–water partition coefficient (Wildman–Crippen LogP) is 2.24. The zero-order chi connectivity index (χ0) is 13.8. The molecule has 0 radical (unpaired) electrons. The average molecular weight is 298 g/mol. The van der Waals surface area contributed by atoms with Crippen LogP contribution < -0.4 is 0 Å². The van der Waals surface area contributed by atoms with Crippen molar-refractivity contribution in [1.82, 2.24) is 0 Å². The summed E-state index contributed by atoms with van der Waals surface area (Å²) >= 11 is 0. The first-order valence-corrected chi connectivity index (χ1v) is 6.98. The van der Waals surface area contributed by atoms with Crippen LogP contribution in [0, 0.1) is 17.3 Å². The van der Waals surface area contributed by atoms with Gasteiger partial charge in [0.15, 0.2) is 5.41 Å². The molecule has 0 bridgehead atoms. The van der Waals surface area contributed by atoms with Gasteiger partial charge in [0.25, 0.3) is 0 Å². The summed E-state index contributed by atoms with van der Waals surface area (Å²) in [7, 11) is 0. The number of carboxylic acids is 2. The first-order chi connectivity index (χ1) is 8.51. The van der Waals surface area contributed by atoms with E-state index >= 15 is 0 Å². The fraction of sp³-hybridized carbons (Fsp3) is 0.857. The van der Waals surface area contributed by atoms with Gasteiger partial charge in [0.1, 0.15) is 0 Å². The van der Waals surface area contributed by atoms with E-state index in [4.69, 9.17) is 0 Å². The first kappa shape index (κ1) is 19.2. The Morgan fingerprint density at radius 1 is 1.05 bits per heavy atom. The van der Waals surface area contributed by atoms with Crippen LogP contribution in [0.3, 0.4) is 0 Å². The molecule has 19 heavy (non-hydrogen) atoms. The molecule has 0 saturated heterocycles. The maximum absolute atomic E-state index is 11.7. The second-order valence-corrected chi connectivity index (χ2v) is 5.33. The summed E-state index contributed by atoms with van der Waals surface area (Å²) in [5, 5.41) is 19.2. The molecule has 0 spiro atoms. The Morgan fingerprint density at radius 3 is 1.79 bits per heavy atom. The van der Waals surface area contributed by atoms with Gasteiger partial charge in [-0.3, -0.25) is 9.59 Å². The van der Waals surface area contributed by atoms with E-state index in [1.165, 1.54) is 0 Å². The Labute approximate surface area is 145 Å². The van der Waals surface area contributed by atoms with Gasteiger partial charge < -0.3 is 10.2 Å². The van der Waals surface area contributed by atoms with Gasteiger partial charge in [-0.15, -0.1) is 0 Å². The molecule has 2 N–H and O–H groups in total. The van der Waals surface area contributed by atoms with Crippen molar-refractivity contribution in [3.8, 4) is 0 Å². The molecule has 5 heteroatoms. The average Bonchev–Trinajstić information content (AvgIpc) is 2.35. The van der Waals surface area contributed by atoms with Crippen LogP contribution in [0.2, 0.25) is 0 Å². The van der Waals surface area contributed by atoms with Crippen LogP contribution in [0.25, 0.3) is 0 Å². The molecule has 108 valence electrons. The molecule has 0 aromatic heterocycles. The minimum atomic E-state index is -1.58. The van der Waals surface area contributed by atoms with Crippen LogP contribution in [0.1, 0.15) is 58.8 Å². The van der Waals surface area contributed by atoms with Gasteiger partial charge >= 0.3 is 49.7 Å². The Kier molecular flexibility index (Phi) is 8.57. The molecule has 4 nitrogen and oxygen atoms in total. The van der Waals surface area contributed by atoms with Crippen molar-refractivity contribution in [3.05, 3.63) is 0 Å². The number of aliphatic carboxylic acids is 2. The molecule has 1 aliphatic carbocycles. The van der Waals surface area contributed by atoms with Gasteiger partial charge in [0.2, 0.25) is 0 Å². The van der Waals surface area contributed by atoms with E-state index in [1.807, 2.05) is 13.8 Å². The molecule has 0 atom stereocenters. The Hall–Kier alpha value is 0.200. The number of rotatable bonds is 6. The molecule has 0 aliphatic heterocycles. The first-order valence-electron chi connectivity index (χ1n) is 6.98. The van der Waals surface area contributed by atoms with Gasteiger partial charge in [-0.2, -0.15) is 0 Å². The Morgan fingerprint density at radius 2 is 1.47 bits per heavy atom. The van der Waals surface area contributed by atoms with Crippen LogP contribution >= 0.6 is 0 Å². The molecule has 0 heterocycles. The fourth-order valence-electron chi connectivity index (χ4n) is 3.61. The fourth-order valence-corrected chi connectivity index (χ4v) is 3.61. The molecule has 1 saturated carbocycles. The van der Waals surface area contributed by atoms with Crippen molar-refractivity contribution in [2.45, 2.75) is 58.8 Å². The number of hydrogen-bond donors (Lipinski definition) is 2. The molecule has 0 unspecified atom stereocenters. The van der Waals surface area contributed by atoms with Gasteiger partial charge in [-0.1, -0.05) is 46.0 Å². The topological polar surface area (TPSA) is 74.6 Å². The minimum absolute atomic E-state index is 0. The van der Waals surface area contributed by atoms with Crippen molar-refractivity contribution in [2.24, 2.45) is 17.3 Å². The maximum atomic E-state index is 11.7. The van der Waals surface area contributed by atoms with E-state index in [-0.39, 0.29) is 49.6 Å². The van der Waals surface area contributed by atoms with Crippen molar-refractivity contribution in [1.29, 1.82) is 0 Å². The van der Waals surface area contributed by atoms with Crippen LogP contribution in [0.4, 0.5) is 0 Å². The van der Waals surface area contributed by atoms with E-state index in [0.29, 0.717) is 12.8 Å². The number of hydrogen-bond acceptors (Lipinski definition) is 2. The van der Waals surface area contributed by atoms with Crippen LogP contribution in [-0.4, -0.2) is 59.9 Å². The van der Waals surface area contributed by atoms with Crippen molar-refractivity contribution in [2.75, 3.05) is 0 Å². The quantitative estimate of drug-likeness (QED) is 0.582. The SMILES string of the molecule is CCC(CC)C(C(=O)O)(C(=O)O)C1CCCCC1.[CaH2]. The Bertz CT molecular complexity index is 293. The second-order valence-electron chi connectivity index (χ2n) is 5.33. The van der Waals surface area contributed by atoms with E-state index in [0.717, 1.165) is 32.1 Å². The molecule has 1 fully saturated rings. The normalized spacial score (nSPS) is 17.0. The van der Waals surface area contributed by atoms with E-state index in [2.05, 4.69) is 0 Å². The van der Waals surface area contributed by atoms with Crippen LogP contribution in [0.5, 0.6) is 0 Å². The summed E-state index contributed by atoms with van der Waals surface area (Å²) in [6.45, 7) is 3.77. The van der Waals surface area contributed by atoms with E-state index in [9.17, 15) is 19.8 Å². The molecular weight excluding hydrogens is 272 g/mol. The van der Waals surface area contributed by atoms with Gasteiger partial charge in [-0.25, -0.2) is 0 Å².